The molecule has 0 aliphatic heterocycles. The molecular formula is C15H23BrN2O. The van der Waals surface area contributed by atoms with E-state index in [0.717, 1.165) is 22.9 Å². The van der Waals surface area contributed by atoms with Crippen LogP contribution in [-0.4, -0.2) is 12.5 Å². The van der Waals surface area contributed by atoms with Crippen molar-refractivity contribution in [3.63, 3.8) is 0 Å². The van der Waals surface area contributed by atoms with E-state index in [1.165, 1.54) is 0 Å². The second-order valence-electron chi connectivity index (χ2n) is 5.61. The predicted octanol–water partition coefficient (Wildman–Crippen LogP) is 3.22. The number of hydrogen-bond acceptors (Lipinski definition) is 2. The van der Waals surface area contributed by atoms with Gasteiger partial charge in [0.2, 0.25) is 5.91 Å². The van der Waals surface area contributed by atoms with E-state index in [4.69, 9.17) is 5.73 Å². The van der Waals surface area contributed by atoms with Crippen molar-refractivity contribution in [1.82, 2.24) is 5.32 Å². The molecule has 3 nitrogen and oxygen atoms in total. The molecule has 1 rings (SSSR count). The molecule has 4 heteroatoms. The smallest absolute Gasteiger partial charge is 0.220 e. The number of halogens is 1. The predicted molar refractivity (Wildman–Crippen MR) is 82.7 cm³/mol. The van der Waals surface area contributed by atoms with Gasteiger partial charge in [-0.2, -0.15) is 0 Å². The van der Waals surface area contributed by atoms with E-state index in [0.29, 0.717) is 19.5 Å². The number of nitrogens with one attached hydrogen (secondary N) is 1. The van der Waals surface area contributed by atoms with Crippen LogP contribution in [0.15, 0.2) is 28.7 Å². The molecule has 1 aromatic rings. The third-order valence-corrected chi connectivity index (χ3v) is 3.78. The second kappa shape index (κ2) is 7.65. The molecule has 19 heavy (non-hydrogen) atoms. The maximum Gasteiger partial charge on any atom is 0.220 e. The first-order valence-corrected chi connectivity index (χ1v) is 7.43. The summed E-state index contributed by atoms with van der Waals surface area (Å²) in [4.78, 5) is 11.8. The van der Waals surface area contributed by atoms with Crippen LogP contribution in [0.4, 0.5) is 0 Å². The van der Waals surface area contributed by atoms with Crippen molar-refractivity contribution >= 4 is 21.8 Å². The Labute approximate surface area is 124 Å². The lowest BCUT2D eigenvalue weighted by Crippen LogP contribution is -2.25. The maximum absolute atomic E-state index is 11.8. The summed E-state index contributed by atoms with van der Waals surface area (Å²) < 4.78 is 1.05. The van der Waals surface area contributed by atoms with Crippen molar-refractivity contribution in [3.05, 3.63) is 34.3 Å². The van der Waals surface area contributed by atoms with Crippen LogP contribution >= 0.6 is 15.9 Å². The molecule has 106 valence electrons. The van der Waals surface area contributed by atoms with Gasteiger partial charge in [0, 0.05) is 17.4 Å². The van der Waals surface area contributed by atoms with Crippen LogP contribution in [0.3, 0.4) is 0 Å². The van der Waals surface area contributed by atoms with Gasteiger partial charge in [-0.15, -0.1) is 0 Å². The molecule has 0 aromatic heterocycles. The van der Waals surface area contributed by atoms with Crippen LogP contribution in [0.5, 0.6) is 0 Å². The van der Waals surface area contributed by atoms with Crippen molar-refractivity contribution in [2.75, 3.05) is 6.54 Å². The van der Waals surface area contributed by atoms with E-state index in [2.05, 4.69) is 35.1 Å². The Kier molecular flexibility index (Phi) is 6.52. The van der Waals surface area contributed by atoms with Gasteiger partial charge in [-0.25, -0.2) is 0 Å². The Morgan fingerprint density at radius 2 is 1.89 bits per heavy atom. The molecule has 0 aliphatic carbocycles. The third kappa shape index (κ3) is 6.73. The fourth-order valence-electron chi connectivity index (χ4n) is 1.86. The normalized spacial score (nSPS) is 11.4. The van der Waals surface area contributed by atoms with Crippen molar-refractivity contribution in [3.8, 4) is 0 Å². The summed E-state index contributed by atoms with van der Waals surface area (Å²) in [5.41, 5.74) is 6.82. The van der Waals surface area contributed by atoms with Crippen LogP contribution in [0, 0.1) is 5.41 Å². The first kappa shape index (κ1) is 16.2. The monoisotopic (exact) mass is 326 g/mol. The van der Waals surface area contributed by atoms with Crippen LogP contribution < -0.4 is 11.1 Å². The average Bonchev–Trinajstić information content (AvgIpc) is 2.36. The van der Waals surface area contributed by atoms with Gasteiger partial charge in [0.25, 0.3) is 0 Å². The lowest BCUT2D eigenvalue weighted by atomic mass is 9.84. The van der Waals surface area contributed by atoms with Crippen molar-refractivity contribution in [1.29, 1.82) is 0 Å². The number of benzene rings is 1. The number of amides is 1. The Bertz CT molecular complexity index is 401. The average molecular weight is 327 g/mol. The standard InChI is InChI=1S/C15H23BrN2O/c1-15(2,9-10-17)8-7-14(19)18-11-12-3-5-13(16)6-4-12/h3-6H,7-11,17H2,1-2H3,(H,18,19). The summed E-state index contributed by atoms with van der Waals surface area (Å²) >= 11 is 3.39. The highest BCUT2D eigenvalue weighted by Crippen LogP contribution is 2.25. The number of carbonyl (C=O) groups is 1. The third-order valence-electron chi connectivity index (χ3n) is 3.25. The first-order valence-electron chi connectivity index (χ1n) is 6.64. The van der Waals surface area contributed by atoms with Gasteiger partial charge >= 0.3 is 0 Å². The quantitative estimate of drug-likeness (QED) is 0.808. The van der Waals surface area contributed by atoms with Crippen molar-refractivity contribution in [2.24, 2.45) is 11.1 Å². The maximum atomic E-state index is 11.8. The Hall–Kier alpha value is -0.870. The molecule has 0 unspecified atom stereocenters. The molecule has 0 saturated heterocycles. The minimum absolute atomic E-state index is 0.105. The number of nitrogens with two attached hydrogens (primary N) is 1. The minimum atomic E-state index is 0.105. The molecule has 0 aliphatic rings. The zero-order chi connectivity index (χ0) is 14.3. The molecular weight excluding hydrogens is 304 g/mol. The Morgan fingerprint density at radius 3 is 2.47 bits per heavy atom. The molecule has 0 bridgehead atoms. The topological polar surface area (TPSA) is 55.1 Å². The van der Waals surface area contributed by atoms with E-state index in [1.807, 2.05) is 24.3 Å². The lowest BCUT2D eigenvalue weighted by molar-refractivity contribution is -0.121. The van der Waals surface area contributed by atoms with E-state index < -0.39 is 0 Å². The molecule has 0 heterocycles. The first-order chi connectivity index (χ1) is 8.93. The zero-order valence-corrected chi connectivity index (χ0v) is 13.3. The zero-order valence-electron chi connectivity index (χ0n) is 11.7. The highest BCUT2D eigenvalue weighted by molar-refractivity contribution is 9.10. The fourth-order valence-corrected chi connectivity index (χ4v) is 2.12. The van der Waals surface area contributed by atoms with Gasteiger partial charge in [-0.3, -0.25) is 4.79 Å². The molecule has 0 spiro atoms. The SMILES string of the molecule is CC(C)(CCN)CCC(=O)NCc1ccc(Br)cc1. The number of hydrogen-bond donors (Lipinski definition) is 2. The highest BCUT2D eigenvalue weighted by Gasteiger charge is 2.18. The summed E-state index contributed by atoms with van der Waals surface area (Å²) in [7, 11) is 0. The van der Waals surface area contributed by atoms with Gasteiger partial charge in [0.05, 0.1) is 0 Å². The number of carbonyl (C=O) groups excluding carboxylic acids is 1. The molecule has 1 aromatic carbocycles. The fraction of sp³-hybridized carbons (Fsp3) is 0.533. The molecule has 0 atom stereocenters. The van der Waals surface area contributed by atoms with E-state index in [9.17, 15) is 4.79 Å². The van der Waals surface area contributed by atoms with E-state index >= 15 is 0 Å². The van der Waals surface area contributed by atoms with Crippen LogP contribution in [-0.2, 0) is 11.3 Å². The van der Waals surface area contributed by atoms with Crippen molar-refractivity contribution in [2.45, 2.75) is 39.7 Å². The van der Waals surface area contributed by atoms with E-state index in [-0.39, 0.29) is 11.3 Å². The molecule has 1 amide bonds. The summed E-state index contributed by atoms with van der Waals surface area (Å²) in [5.74, 6) is 0.105. The highest BCUT2D eigenvalue weighted by atomic mass is 79.9. The van der Waals surface area contributed by atoms with Gasteiger partial charge in [0.1, 0.15) is 0 Å². The summed E-state index contributed by atoms with van der Waals surface area (Å²) in [6.07, 6.45) is 2.38. The van der Waals surface area contributed by atoms with Crippen LogP contribution in [0.25, 0.3) is 0 Å². The lowest BCUT2D eigenvalue weighted by Gasteiger charge is -2.23. The van der Waals surface area contributed by atoms with Crippen LogP contribution in [0.1, 0.15) is 38.7 Å². The van der Waals surface area contributed by atoms with Gasteiger partial charge in [0.15, 0.2) is 0 Å². The Balaban J connectivity index is 2.30. The summed E-state index contributed by atoms with van der Waals surface area (Å²) in [5, 5.41) is 2.95. The molecule has 0 fully saturated rings. The van der Waals surface area contributed by atoms with Gasteiger partial charge < -0.3 is 11.1 Å². The molecule has 3 N–H and O–H groups in total. The van der Waals surface area contributed by atoms with Crippen molar-refractivity contribution < 1.29 is 4.79 Å². The number of rotatable bonds is 7. The second-order valence-corrected chi connectivity index (χ2v) is 6.52. The minimum Gasteiger partial charge on any atom is -0.352 e. The van der Waals surface area contributed by atoms with Crippen LogP contribution in [0.2, 0.25) is 0 Å². The largest absolute Gasteiger partial charge is 0.352 e. The Morgan fingerprint density at radius 1 is 1.26 bits per heavy atom. The van der Waals surface area contributed by atoms with Gasteiger partial charge in [-0.1, -0.05) is 41.9 Å². The van der Waals surface area contributed by atoms with Gasteiger partial charge in [-0.05, 0) is 42.5 Å². The summed E-state index contributed by atoms with van der Waals surface area (Å²) in [6, 6.07) is 7.96. The molecule has 0 saturated carbocycles. The summed E-state index contributed by atoms with van der Waals surface area (Å²) in [6.45, 7) is 5.57. The molecule has 0 radical (unpaired) electrons. The van der Waals surface area contributed by atoms with E-state index in [1.54, 1.807) is 0 Å².